The number of esters is 2. The molecule has 0 bridgehead atoms. The van der Waals surface area contributed by atoms with Crippen molar-refractivity contribution in [2.75, 3.05) is 13.2 Å². The van der Waals surface area contributed by atoms with Gasteiger partial charge in [0.1, 0.15) is 19.0 Å². The molecule has 0 radical (unpaired) electrons. The Hall–Kier alpha value is -2.30. The van der Waals surface area contributed by atoms with Crippen LogP contribution in [-0.4, -0.2) is 30.3 Å². The van der Waals surface area contributed by atoms with E-state index in [4.69, 9.17) is 9.47 Å². The van der Waals surface area contributed by atoms with Crippen LogP contribution < -0.4 is 0 Å². The van der Waals surface area contributed by atoms with Crippen molar-refractivity contribution in [1.82, 2.24) is 0 Å². The van der Waals surface area contributed by atoms with Crippen molar-refractivity contribution < 1.29 is 24.2 Å². The third kappa shape index (κ3) is 7.02. The Morgan fingerprint density at radius 1 is 0.964 bits per heavy atom. The predicted octanol–water partition coefficient (Wildman–Crippen LogP) is 4.58. The fourth-order valence-corrected chi connectivity index (χ4v) is 2.71. The van der Waals surface area contributed by atoms with E-state index >= 15 is 0 Å². The molecule has 0 unspecified atom stereocenters. The second kappa shape index (κ2) is 9.26. The quantitative estimate of drug-likeness (QED) is 0.419. The molecule has 0 aliphatic carbocycles. The molecule has 0 aromatic heterocycles. The van der Waals surface area contributed by atoms with Crippen LogP contribution in [0.1, 0.15) is 71.6 Å². The van der Waals surface area contributed by atoms with Gasteiger partial charge in [-0.1, -0.05) is 60.3 Å². The second-order valence-electron chi connectivity index (χ2n) is 9.18. The maximum absolute atomic E-state index is 12.0. The summed E-state index contributed by atoms with van der Waals surface area (Å²) in [5.41, 5.74) is 2.60. The first kappa shape index (κ1) is 23.7. The first-order valence-electron chi connectivity index (χ1n) is 9.58. The number of aromatic hydroxyl groups is 1. The molecule has 5 nitrogen and oxygen atoms in total. The van der Waals surface area contributed by atoms with Crippen molar-refractivity contribution in [2.45, 2.75) is 72.1 Å². The molecule has 5 heteroatoms. The fourth-order valence-electron chi connectivity index (χ4n) is 2.71. The number of phenols is 1. The molecule has 0 saturated carbocycles. The molecule has 0 spiro atoms. The van der Waals surface area contributed by atoms with E-state index in [1.807, 2.05) is 12.1 Å². The highest BCUT2D eigenvalue weighted by atomic mass is 16.6. The summed E-state index contributed by atoms with van der Waals surface area (Å²) >= 11 is 0. The molecule has 1 N–H and O–H groups in total. The van der Waals surface area contributed by atoms with Gasteiger partial charge in [0.05, 0.1) is 0 Å². The van der Waals surface area contributed by atoms with E-state index in [1.54, 1.807) is 6.92 Å². The van der Waals surface area contributed by atoms with Crippen molar-refractivity contribution in [3.05, 3.63) is 41.0 Å². The molecule has 0 aliphatic rings. The van der Waals surface area contributed by atoms with Gasteiger partial charge in [-0.15, -0.1) is 0 Å². The molecule has 156 valence electrons. The van der Waals surface area contributed by atoms with E-state index in [0.717, 1.165) is 16.7 Å². The molecule has 1 aromatic rings. The Bertz CT molecular complexity index is 697. The third-order valence-corrected chi connectivity index (χ3v) is 4.33. The van der Waals surface area contributed by atoms with Gasteiger partial charge in [-0.3, -0.25) is 4.79 Å². The molecule has 0 saturated heterocycles. The lowest BCUT2D eigenvalue weighted by Gasteiger charge is -2.28. The first-order chi connectivity index (χ1) is 12.7. The molecule has 0 amide bonds. The average molecular weight is 391 g/mol. The van der Waals surface area contributed by atoms with Crippen LogP contribution in [0.2, 0.25) is 0 Å². The Balaban J connectivity index is 2.77. The highest BCUT2D eigenvalue weighted by molar-refractivity contribution is 5.86. The number of aryl methyl sites for hydroxylation is 1. The Kier molecular flexibility index (Phi) is 7.85. The zero-order chi connectivity index (χ0) is 21.7. The number of phenolic OH excluding ortho intramolecular Hbond substituents is 1. The Morgan fingerprint density at radius 2 is 1.43 bits per heavy atom. The molecule has 28 heavy (non-hydrogen) atoms. The fraction of sp³-hybridized carbons (Fsp3) is 0.565. The molecule has 0 atom stereocenters. The van der Waals surface area contributed by atoms with Gasteiger partial charge in [-0.2, -0.15) is 0 Å². The molecule has 0 fully saturated rings. The molecule has 0 heterocycles. The van der Waals surface area contributed by atoms with Crippen molar-refractivity contribution in [3.8, 4) is 5.75 Å². The molecule has 0 aliphatic heterocycles. The van der Waals surface area contributed by atoms with Crippen LogP contribution in [0, 0.1) is 0 Å². The average Bonchev–Trinajstić information content (AvgIpc) is 2.55. The summed E-state index contributed by atoms with van der Waals surface area (Å²) < 4.78 is 10.0. The highest BCUT2D eigenvalue weighted by Crippen LogP contribution is 2.39. The second-order valence-corrected chi connectivity index (χ2v) is 9.18. The van der Waals surface area contributed by atoms with E-state index in [0.29, 0.717) is 17.7 Å². The van der Waals surface area contributed by atoms with Crippen LogP contribution in [0.5, 0.6) is 5.75 Å². The summed E-state index contributed by atoms with van der Waals surface area (Å²) in [6, 6.07) is 3.93. The van der Waals surface area contributed by atoms with Gasteiger partial charge in [0, 0.05) is 12.0 Å². The number of carbonyl (C=O) groups excluding carboxylic acids is 2. The van der Waals surface area contributed by atoms with E-state index in [1.165, 1.54) is 0 Å². The summed E-state index contributed by atoms with van der Waals surface area (Å²) in [5, 5.41) is 10.7. The van der Waals surface area contributed by atoms with E-state index in [9.17, 15) is 14.7 Å². The number of rotatable bonds is 7. The number of carbonyl (C=O) groups is 2. The van der Waals surface area contributed by atoms with E-state index in [-0.39, 0.29) is 36.4 Å². The van der Waals surface area contributed by atoms with Crippen LogP contribution in [-0.2, 0) is 36.3 Å². The summed E-state index contributed by atoms with van der Waals surface area (Å²) in [4.78, 5) is 23.3. The van der Waals surface area contributed by atoms with Gasteiger partial charge in [-0.05, 0) is 40.9 Å². The van der Waals surface area contributed by atoms with E-state index < -0.39 is 5.97 Å². The lowest BCUT2D eigenvalue weighted by Crippen LogP contribution is -2.18. The van der Waals surface area contributed by atoms with Gasteiger partial charge in [0.2, 0.25) is 0 Å². The van der Waals surface area contributed by atoms with Gasteiger partial charge in [0.15, 0.2) is 0 Å². The number of benzene rings is 1. The van der Waals surface area contributed by atoms with Crippen LogP contribution in [0.15, 0.2) is 24.3 Å². The zero-order valence-corrected chi connectivity index (χ0v) is 18.3. The van der Waals surface area contributed by atoms with Crippen molar-refractivity contribution in [3.63, 3.8) is 0 Å². The monoisotopic (exact) mass is 390 g/mol. The maximum atomic E-state index is 12.0. The zero-order valence-electron chi connectivity index (χ0n) is 18.3. The van der Waals surface area contributed by atoms with Crippen LogP contribution in [0.3, 0.4) is 0 Å². The molecular formula is C23H34O5. The minimum Gasteiger partial charge on any atom is -0.507 e. The minimum absolute atomic E-state index is 0.0129. The molecule has 1 rings (SSSR count). The summed E-state index contributed by atoms with van der Waals surface area (Å²) in [7, 11) is 0. The summed E-state index contributed by atoms with van der Waals surface area (Å²) in [6.07, 6.45) is 0.725. The van der Waals surface area contributed by atoms with Gasteiger partial charge < -0.3 is 14.6 Å². The predicted molar refractivity (Wildman–Crippen MR) is 111 cm³/mol. The SMILES string of the molecule is C=C(C)C(=O)OCCOC(=O)CCc1cc(C(C)(C)C)c(O)c(C(C)(C)C)c1. The van der Waals surface area contributed by atoms with Gasteiger partial charge in [0.25, 0.3) is 0 Å². The molecular weight excluding hydrogens is 356 g/mol. The Morgan fingerprint density at radius 3 is 1.86 bits per heavy atom. The lowest BCUT2D eigenvalue weighted by molar-refractivity contribution is -0.150. The maximum Gasteiger partial charge on any atom is 0.333 e. The number of hydrogen-bond acceptors (Lipinski definition) is 5. The number of hydrogen-bond donors (Lipinski definition) is 1. The summed E-state index contributed by atoms with van der Waals surface area (Å²) in [5.74, 6) is -0.524. The van der Waals surface area contributed by atoms with Gasteiger partial charge >= 0.3 is 11.9 Å². The van der Waals surface area contributed by atoms with Crippen LogP contribution in [0.4, 0.5) is 0 Å². The van der Waals surface area contributed by atoms with Crippen molar-refractivity contribution >= 4 is 11.9 Å². The van der Waals surface area contributed by atoms with Crippen LogP contribution in [0.25, 0.3) is 0 Å². The summed E-state index contributed by atoms with van der Waals surface area (Å²) in [6.45, 7) is 17.4. The van der Waals surface area contributed by atoms with Gasteiger partial charge in [-0.25, -0.2) is 4.79 Å². The largest absolute Gasteiger partial charge is 0.507 e. The normalized spacial score (nSPS) is 11.8. The number of ether oxygens (including phenoxy) is 2. The standard InChI is InChI=1S/C23H34O5/c1-15(2)21(26)28-12-11-27-19(24)10-9-16-13-17(22(3,4)5)20(25)18(14-16)23(6,7)8/h13-14,25H,1,9-12H2,2-8H3. The van der Waals surface area contributed by atoms with E-state index in [2.05, 4.69) is 48.1 Å². The topological polar surface area (TPSA) is 72.8 Å². The lowest BCUT2D eigenvalue weighted by atomic mass is 9.78. The molecule has 1 aromatic carbocycles. The smallest absolute Gasteiger partial charge is 0.333 e. The first-order valence-corrected chi connectivity index (χ1v) is 9.58. The minimum atomic E-state index is -0.496. The Labute approximate surface area is 168 Å². The third-order valence-electron chi connectivity index (χ3n) is 4.33. The van der Waals surface area contributed by atoms with Crippen LogP contribution >= 0.6 is 0 Å². The van der Waals surface area contributed by atoms with Crippen molar-refractivity contribution in [1.29, 1.82) is 0 Å². The highest BCUT2D eigenvalue weighted by Gasteiger charge is 2.26. The van der Waals surface area contributed by atoms with Crippen molar-refractivity contribution in [2.24, 2.45) is 0 Å².